The maximum atomic E-state index is 12.3. The molecule has 0 radical (unpaired) electrons. The molecule has 1 fully saturated rings. The molecule has 1 aliphatic heterocycles. The summed E-state index contributed by atoms with van der Waals surface area (Å²) >= 11 is 0. The van der Waals surface area contributed by atoms with Gasteiger partial charge in [-0.1, -0.05) is 6.08 Å². The highest BCUT2D eigenvalue weighted by molar-refractivity contribution is 6.17. The average molecular weight is 351 g/mol. The first-order valence-corrected chi connectivity index (χ1v) is 8.43. The highest BCUT2D eigenvalue weighted by atomic mass is 16.3. The number of nitrogens with zero attached hydrogens (tertiary/aromatic N) is 4. The standard InChI is InChI=1S/C18H17N5O3/c1-2-5-16(24)20-15-10-13(14-8-4-9-26-14)22-23(15)18-19-12-7-3-6-11(12)17(25)21-18/h2,4-5,8-11H,3,6-7H2,1H3,(H,20,24)/b5-2+. The van der Waals surface area contributed by atoms with Crippen LogP contribution in [0.1, 0.15) is 26.2 Å². The molecular formula is C18H17N5O3. The zero-order valence-electron chi connectivity index (χ0n) is 14.2. The summed E-state index contributed by atoms with van der Waals surface area (Å²) in [5, 5.41) is 7.17. The van der Waals surface area contributed by atoms with E-state index in [2.05, 4.69) is 20.4 Å². The SMILES string of the molecule is C/C=C/C(=O)Nc1cc(-c2ccco2)nn1C1=NC(=O)C2CCCC2=N1. The molecule has 1 unspecified atom stereocenters. The van der Waals surface area contributed by atoms with E-state index in [9.17, 15) is 9.59 Å². The molecule has 0 aromatic carbocycles. The lowest BCUT2D eigenvalue weighted by molar-refractivity contribution is -0.119. The third-order valence-corrected chi connectivity index (χ3v) is 4.32. The number of furan rings is 1. The van der Waals surface area contributed by atoms with Gasteiger partial charge in [-0.05, 0) is 44.4 Å². The maximum absolute atomic E-state index is 12.3. The summed E-state index contributed by atoms with van der Waals surface area (Å²) in [6.07, 6.45) is 7.07. The van der Waals surface area contributed by atoms with Crippen molar-refractivity contribution in [3.63, 3.8) is 0 Å². The second-order valence-electron chi connectivity index (χ2n) is 6.09. The minimum Gasteiger partial charge on any atom is -0.463 e. The van der Waals surface area contributed by atoms with Crippen LogP contribution in [0.3, 0.4) is 0 Å². The normalized spacial score (nSPS) is 19.4. The molecule has 132 valence electrons. The van der Waals surface area contributed by atoms with Crippen LogP contribution >= 0.6 is 0 Å². The van der Waals surface area contributed by atoms with Crippen molar-refractivity contribution in [3.05, 3.63) is 36.6 Å². The number of allylic oxidation sites excluding steroid dienone is 1. The van der Waals surface area contributed by atoms with Gasteiger partial charge in [-0.2, -0.15) is 14.8 Å². The lowest BCUT2D eigenvalue weighted by Crippen LogP contribution is -2.28. The largest absolute Gasteiger partial charge is 0.463 e. The van der Waals surface area contributed by atoms with Crippen molar-refractivity contribution < 1.29 is 14.0 Å². The number of hydrogen-bond acceptors (Lipinski definition) is 5. The summed E-state index contributed by atoms with van der Waals surface area (Å²) < 4.78 is 6.75. The van der Waals surface area contributed by atoms with E-state index in [1.807, 2.05) is 0 Å². The van der Waals surface area contributed by atoms with Crippen molar-refractivity contribution in [2.45, 2.75) is 26.2 Å². The number of nitrogens with one attached hydrogen (secondary N) is 1. The molecule has 1 aliphatic carbocycles. The van der Waals surface area contributed by atoms with Crippen LogP contribution in [0.2, 0.25) is 0 Å². The van der Waals surface area contributed by atoms with Gasteiger partial charge in [-0.25, -0.2) is 4.99 Å². The summed E-state index contributed by atoms with van der Waals surface area (Å²) in [5.74, 6) is 0.347. The zero-order chi connectivity index (χ0) is 18.1. The molecule has 26 heavy (non-hydrogen) atoms. The van der Waals surface area contributed by atoms with Crippen LogP contribution in [-0.4, -0.2) is 33.3 Å². The Morgan fingerprint density at radius 1 is 1.42 bits per heavy atom. The Balaban J connectivity index is 1.76. The third kappa shape index (κ3) is 2.90. The molecule has 2 aromatic heterocycles. The highest BCUT2D eigenvalue weighted by Crippen LogP contribution is 2.28. The van der Waals surface area contributed by atoms with E-state index in [0.29, 0.717) is 17.3 Å². The number of carbonyl (C=O) groups excluding carboxylic acids is 2. The van der Waals surface area contributed by atoms with Gasteiger partial charge in [0.2, 0.25) is 5.91 Å². The van der Waals surface area contributed by atoms with Gasteiger partial charge in [-0.15, -0.1) is 0 Å². The molecule has 3 heterocycles. The fourth-order valence-corrected chi connectivity index (χ4v) is 3.14. The van der Waals surface area contributed by atoms with Crippen molar-refractivity contribution in [1.29, 1.82) is 0 Å². The summed E-state index contributed by atoms with van der Waals surface area (Å²) in [7, 11) is 0. The molecule has 0 bridgehead atoms. The van der Waals surface area contributed by atoms with Crippen molar-refractivity contribution >= 4 is 29.3 Å². The van der Waals surface area contributed by atoms with Gasteiger partial charge in [0.15, 0.2) is 5.76 Å². The summed E-state index contributed by atoms with van der Waals surface area (Å²) in [6.45, 7) is 1.75. The number of fused-ring (bicyclic) bond motifs is 1. The predicted octanol–water partition coefficient (Wildman–Crippen LogP) is 2.64. The van der Waals surface area contributed by atoms with Gasteiger partial charge in [0, 0.05) is 11.8 Å². The van der Waals surface area contributed by atoms with E-state index >= 15 is 0 Å². The minimum absolute atomic E-state index is 0.164. The number of amides is 2. The molecule has 1 N–H and O–H groups in total. The van der Waals surface area contributed by atoms with Crippen LogP contribution in [0.15, 0.2) is 51.0 Å². The lowest BCUT2D eigenvalue weighted by Gasteiger charge is -2.15. The molecular weight excluding hydrogens is 334 g/mol. The second-order valence-corrected chi connectivity index (χ2v) is 6.09. The van der Waals surface area contributed by atoms with Gasteiger partial charge in [0.05, 0.1) is 12.2 Å². The zero-order valence-corrected chi connectivity index (χ0v) is 14.2. The maximum Gasteiger partial charge on any atom is 0.257 e. The molecule has 1 saturated carbocycles. The highest BCUT2D eigenvalue weighted by Gasteiger charge is 2.33. The molecule has 0 saturated heterocycles. The third-order valence-electron chi connectivity index (χ3n) is 4.32. The van der Waals surface area contributed by atoms with E-state index < -0.39 is 0 Å². The van der Waals surface area contributed by atoms with Crippen LogP contribution in [0.4, 0.5) is 5.82 Å². The Hall–Kier alpha value is -3.29. The molecule has 1 atom stereocenters. The first kappa shape index (κ1) is 16.2. The fourth-order valence-electron chi connectivity index (χ4n) is 3.14. The molecule has 2 aliphatic rings. The first-order chi connectivity index (χ1) is 12.7. The quantitative estimate of drug-likeness (QED) is 0.859. The number of rotatable bonds is 3. The lowest BCUT2D eigenvalue weighted by atomic mass is 10.1. The average Bonchev–Trinajstić information content (AvgIpc) is 3.35. The Morgan fingerprint density at radius 3 is 3.08 bits per heavy atom. The van der Waals surface area contributed by atoms with Crippen LogP contribution in [-0.2, 0) is 9.59 Å². The Morgan fingerprint density at radius 2 is 2.31 bits per heavy atom. The molecule has 2 aromatic rings. The van der Waals surface area contributed by atoms with Crippen LogP contribution in [0.5, 0.6) is 0 Å². The second kappa shape index (κ2) is 6.55. The molecule has 2 amide bonds. The summed E-state index contributed by atoms with van der Waals surface area (Å²) in [6, 6.07) is 5.17. The Labute approximate surface area is 149 Å². The number of anilines is 1. The molecule has 8 heteroatoms. The summed E-state index contributed by atoms with van der Waals surface area (Å²) in [5.41, 5.74) is 1.34. The number of carbonyl (C=O) groups is 2. The van der Waals surface area contributed by atoms with Crippen molar-refractivity contribution in [2.24, 2.45) is 15.9 Å². The van der Waals surface area contributed by atoms with Crippen LogP contribution in [0.25, 0.3) is 11.5 Å². The van der Waals surface area contributed by atoms with E-state index in [0.717, 1.165) is 25.0 Å². The monoisotopic (exact) mass is 351 g/mol. The number of aliphatic imine (C=N–C) groups is 2. The minimum atomic E-state index is -0.311. The smallest absolute Gasteiger partial charge is 0.257 e. The Kier molecular flexibility index (Phi) is 4.08. The van der Waals surface area contributed by atoms with Crippen molar-refractivity contribution in [3.8, 4) is 11.5 Å². The van der Waals surface area contributed by atoms with Gasteiger partial charge in [-0.3, -0.25) is 9.59 Å². The van der Waals surface area contributed by atoms with Crippen LogP contribution in [0, 0.1) is 5.92 Å². The molecule has 4 rings (SSSR count). The molecule has 8 nitrogen and oxygen atoms in total. The van der Waals surface area contributed by atoms with Gasteiger partial charge in [0.1, 0.15) is 11.5 Å². The fraction of sp³-hybridized carbons (Fsp3) is 0.278. The predicted molar refractivity (Wildman–Crippen MR) is 96.0 cm³/mol. The number of aromatic nitrogens is 2. The Bertz CT molecular complexity index is 950. The van der Waals surface area contributed by atoms with E-state index in [1.165, 1.54) is 17.0 Å². The van der Waals surface area contributed by atoms with E-state index in [4.69, 9.17) is 4.42 Å². The van der Waals surface area contributed by atoms with E-state index in [1.54, 1.807) is 31.2 Å². The first-order valence-electron chi connectivity index (χ1n) is 8.43. The number of hydrogen-bond donors (Lipinski definition) is 1. The summed E-state index contributed by atoms with van der Waals surface area (Å²) in [4.78, 5) is 32.9. The van der Waals surface area contributed by atoms with Crippen LogP contribution < -0.4 is 5.32 Å². The van der Waals surface area contributed by atoms with E-state index in [-0.39, 0.29) is 23.7 Å². The molecule has 0 spiro atoms. The topological polar surface area (TPSA) is 102 Å². The van der Waals surface area contributed by atoms with Gasteiger partial charge >= 0.3 is 0 Å². The van der Waals surface area contributed by atoms with Gasteiger partial charge < -0.3 is 9.73 Å². The van der Waals surface area contributed by atoms with Crippen molar-refractivity contribution in [1.82, 2.24) is 9.78 Å². The van der Waals surface area contributed by atoms with Gasteiger partial charge in [0.25, 0.3) is 11.9 Å². The van der Waals surface area contributed by atoms with Crippen molar-refractivity contribution in [2.75, 3.05) is 5.32 Å².